The van der Waals surface area contributed by atoms with E-state index in [0.717, 1.165) is 55.9 Å². The zero-order chi connectivity index (χ0) is 20.8. The van der Waals surface area contributed by atoms with Gasteiger partial charge in [-0.1, -0.05) is 0 Å². The third-order valence-corrected chi connectivity index (χ3v) is 8.02. The second-order valence-electron chi connectivity index (χ2n) is 8.66. The van der Waals surface area contributed by atoms with Gasteiger partial charge in [-0.25, -0.2) is 12.7 Å². The predicted molar refractivity (Wildman–Crippen MR) is 109 cm³/mol. The molecule has 0 N–H and O–H groups in total. The second-order valence-corrected chi connectivity index (χ2v) is 10.6. The van der Waals surface area contributed by atoms with Gasteiger partial charge in [0.05, 0.1) is 6.26 Å². The fourth-order valence-electron chi connectivity index (χ4n) is 5.17. The first-order valence-electron chi connectivity index (χ1n) is 10.6. The molecule has 4 rings (SSSR count). The average Bonchev–Trinajstić information content (AvgIpc) is 3.15. The number of fused-ring (bicyclic) bond motifs is 1. The fourth-order valence-corrected chi connectivity index (χ4v) is 6.04. The number of piperidine rings is 2. The van der Waals surface area contributed by atoms with Crippen LogP contribution in [-0.4, -0.2) is 65.5 Å². The van der Waals surface area contributed by atoms with Gasteiger partial charge >= 0.3 is 0 Å². The Hall–Kier alpha value is -1.74. The van der Waals surface area contributed by atoms with Crippen LogP contribution in [0.25, 0.3) is 0 Å². The van der Waals surface area contributed by atoms with Crippen LogP contribution in [0.5, 0.6) is 0 Å². The van der Waals surface area contributed by atoms with E-state index in [4.69, 9.17) is 0 Å². The lowest BCUT2D eigenvalue weighted by Gasteiger charge is -2.38. The number of aromatic nitrogens is 2. The minimum absolute atomic E-state index is 0.112. The van der Waals surface area contributed by atoms with Crippen LogP contribution in [0.2, 0.25) is 0 Å². The molecule has 0 unspecified atom stereocenters. The number of amides is 1. The summed E-state index contributed by atoms with van der Waals surface area (Å²) in [5.74, 6) is 1.07. The maximum Gasteiger partial charge on any atom is 0.276 e. The number of nitrogens with zero attached hydrogens (tertiary/aromatic N) is 4. The topological polar surface area (TPSA) is 92.6 Å². The molecule has 0 bridgehead atoms. The number of carbonyl (C=O) groups is 1. The van der Waals surface area contributed by atoms with Crippen LogP contribution in [0.1, 0.15) is 55.1 Å². The van der Waals surface area contributed by atoms with Gasteiger partial charge in [0.15, 0.2) is 0 Å². The number of sulfonamides is 1. The van der Waals surface area contributed by atoms with Gasteiger partial charge in [0.2, 0.25) is 15.9 Å². The first-order chi connectivity index (χ1) is 13.8. The molecule has 0 aromatic carbocycles. The van der Waals surface area contributed by atoms with Gasteiger partial charge in [0.1, 0.15) is 5.82 Å². The molecule has 2 saturated heterocycles. The van der Waals surface area contributed by atoms with Crippen molar-refractivity contribution in [2.45, 2.75) is 57.9 Å². The summed E-state index contributed by atoms with van der Waals surface area (Å²) in [5.41, 5.74) is 1.66. The molecule has 2 fully saturated rings. The Morgan fingerprint density at radius 3 is 2.48 bits per heavy atom. The van der Waals surface area contributed by atoms with E-state index in [-0.39, 0.29) is 23.3 Å². The molecule has 3 aliphatic rings. The standard InChI is InChI=1S/C20H30N4O4S/c1-14-18(24-10-4-6-17(24)21-19(14)25)16-5-3-9-22(13-16)20(26)15-7-11-23(12-8-15)29(2,27)28/h15-16H,3-13H2,1-2H3/t16-/m0/s1. The third-order valence-electron chi connectivity index (χ3n) is 6.71. The van der Waals surface area contributed by atoms with Gasteiger partial charge < -0.3 is 9.47 Å². The molecule has 0 spiro atoms. The Kier molecular flexibility index (Phi) is 5.54. The van der Waals surface area contributed by atoms with Crippen molar-refractivity contribution in [1.29, 1.82) is 0 Å². The number of aryl methyl sites for hydroxylation is 1. The number of rotatable bonds is 3. The van der Waals surface area contributed by atoms with E-state index in [9.17, 15) is 18.0 Å². The minimum atomic E-state index is -3.19. The highest BCUT2D eigenvalue weighted by atomic mass is 32.2. The van der Waals surface area contributed by atoms with Crippen molar-refractivity contribution >= 4 is 15.9 Å². The smallest absolute Gasteiger partial charge is 0.276 e. The molecule has 9 heteroatoms. The van der Waals surface area contributed by atoms with Crippen LogP contribution in [0, 0.1) is 12.8 Å². The molecule has 1 amide bonds. The molecule has 1 aromatic heterocycles. The van der Waals surface area contributed by atoms with E-state index in [2.05, 4.69) is 9.55 Å². The normalized spacial score (nSPS) is 23.9. The van der Waals surface area contributed by atoms with Crippen LogP contribution in [0.3, 0.4) is 0 Å². The van der Waals surface area contributed by atoms with Crippen molar-refractivity contribution < 1.29 is 13.2 Å². The summed E-state index contributed by atoms with van der Waals surface area (Å²) in [7, 11) is -3.19. The van der Waals surface area contributed by atoms with Crippen LogP contribution >= 0.6 is 0 Å². The molecule has 160 valence electrons. The van der Waals surface area contributed by atoms with Gasteiger partial charge in [0.25, 0.3) is 5.56 Å². The molecular formula is C20H30N4O4S. The lowest BCUT2D eigenvalue weighted by molar-refractivity contribution is -0.138. The Labute approximate surface area is 172 Å². The first-order valence-corrected chi connectivity index (χ1v) is 12.4. The Bertz CT molecular complexity index is 963. The zero-order valence-corrected chi connectivity index (χ0v) is 18.1. The number of carbonyl (C=O) groups excluding carboxylic acids is 1. The fraction of sp³-hybridized carbons (Fsp3) is 0.750. The molecule has 0 radical (unpaired) electrons. The van der Waals surface area contributed by atoms with Crippen LogP contribution in [0.4, 0.5) is 0 Å². The largest absolute Gasteiger partial charge is 0.342 e. The summed E-state index contributed by atoms with van der Waals surface area (Å²) >= 11 is 0. The Morgan fingerprint density at radius 1 is 1.07 bits per heavy atom. The minimum Gasteiger partial charge on any atom is -0.342 e. The molecular weight excluding hydrogens is 392 g/mol. The van der Waals surface area contributed by atoms with E-state index in [1.807, 2.05) is 11.8 Å². The van der Waals surface area contributed by atoms with Gasteiger partial charge in [-0.05, 0) is 39.0 Å². The molecule has 1 atom stereocenters. The molecule has 1 aromatic rings. The van der Waals surface area contributed by atoms with Crippen molar-refractivity contribution in [2.24, 2.45) is 5.92 Å². The highest BCUT2D eigenvalue weighted by Crippen LogP contribution is 2.32. The second kappa shape index (κ2) is 7.83. The maximum atomic E-state index is 13.1. The van der Waals surface area contributed by atoms with Crippen LogP contribution in [-0.2, 0) is 27.8 Å². The summed E-state index contributed by atoms with van der Waals surface area (Å²) in [6, 6.07) is 0. The molecule has 3 aliphatic heterocycles. The monoisotopic (exact) mass is 422 g/mol. The number of hydrogen-bond donors (Lipinski definition) is 0. The third kappa shape index (κ3) is 3.99. The van der Waals surface area contributed by atoms with E-state index < -0.39 is 10.0 Å². The van der Waals surface area contributed by atoms with Crippen molar-refractivity contribution in [2.75, 3.05) is 32.4 Å². The summed E-state index contributed by atoms with van der Waals surface area (Å²) < 4.78 is 27.1. The average molecular weight is 423 g/mol. The Morgan fingerprint density at radius 2 is 1.79 bits per heavy atom. The number of hydrogen-bond acceptors (Lipinski definition) is 5. The highest BCUT2D eigenvalue weighted by Gasteiger charge is 2.35. The maximum absolute atomic E-state index is 13.1. The van der Waals surface area contributed by atoms with Gasteiger partial charge in [-0.3, -0.25) is 9.59 Å². The van der Waals surface area contributed by atoms with Crippen LogP contribution in [0.15, 0.2) is 4.79 Å². The van der Waals surface area contributed by atoms with Gasteiger partial charge in [-0.15, -0.1) is 0 Å². The van der Waals surface area contributed by atoms with Crippen molar-refractivity contribution in [3.05, 3.63) is 27.4 Å². The molecule has 4 heterocycles. The molecule has 0 aliphatic carbocycles. The molecule has 8 nitrogen and oxygen atoms in total. The lowest BCUT2D eigenvalue weighted by atomic mass is 9.89. The first kappa shape index (κ1) is 20.5. The Balaban J connectivity index is 1.49. The highest BCUT2D eigenvalue weighted by molar-refractivity contribution is 7.88. The summed E-state index contributed by atoms with van der Waals surface area (Å²) in [6.07, 6.45) is 6.13. The molecule has 29 heavy (non-hydrogen) atoms. The SMILES string of the molecule is Cc1c([C@H]2CCCN(C(=O)C3CCN(S(C)(=O)=O)CC3)C2)n2c(nc1=O)CCC2. The summed E-state index contributed by atoms with van der Waals surface area (Å²) in [4.78, 5) is 31.7. The van der Waals surface area contributed by atoms with Crippen molar-refractivity contribution in [1.82, 2.24) is 18.8 Å². The van der Waals surface area contributed by atoms with Crippen molar-refractivity contribution in [3.63, 3.8) is 0 Å². The van der Waals surface area contributed by atoms with Crippen molar-refractivity contribution in [3.8, 4) is 0 Å². The van der Waals surface area contributed by atoms with E-state index in [1.165, 1.54) is 10.6 Å². The lowest BCUT2D eigenvalue weighted by Crippen LogP contribution is -2.47. The van der Waals surface area contributed by atoms with Gasteiger partial charge in [-0.2, -0.15) is 4.98 Å². The number of likely N-dealkylation sites (tertiary alicyclic amines) is 1. The molecule has 0 saturated carbocycles. The van der Waals surface area contributed by atoms with Gasteiger partial charge in [0, 0.05) is 62.2 Å². The quantitative estimate of drug-likeness (QED) is 0.721. The van der Waals surface area contributed by atoms with E-state index >= 15 is 0 Å². The summed E-state index contributed by atoms with van der Waals surface area (Å²) in [6.45, 7) is 4.96. The van der Waals surface area contributed by atoms with E-state index in [1.54, 1.807) is 0 Å². The zero-order valence-electron chi connectivity index (χ0n) is 17.3. The van der Waals surface area contributed by atoms with Crippen LogP contribution < -0.4 is 5.56 Å². The van der Waals surface area contributed by atoms with E-state index in [0.29, 0.717) is 32.5 Å². The summed E-state index contributed by atoms with van der Waals surface area (Å²) in [5, 5.41) is 0. The predicted octanol–water partition coefficient (Wildman–Crippen LogP) is 0.876.